The largest absolute Gasteiger partial charge is 0.474 e. The lowest BCUT2D eigenvalue weighted by molar-refractivity contribution is -0.138. The van der Waals surface area contributed by atoms with E-state index >= 15 is 0 Å². The molecular formula is C10H15N3O3. The first-order valence-corrected chi connectivity index (χ1v) is 4.91. The molecule has 1 rings (SSSR count). The van der Waals surface area contributed by atoms with Crippen LogP contribution in [0.25, 0.3) is 0 Å². The number of methoxy groups -OCH3 is 1. The minimum atomic E-state index is -0.364. The minimum Gasteiger partial charge on any atom is -0.474 e. The van der Waals surface area contributed by atoms with Gasteiger partial charge in [0.05, 0.1) is 25.6 Å². The van der Waals surface area contributed by atoms with E-state index in [0.29, 0.717) is 11.7 Å². The van der Waals surface area contributed by atoms with Gasteiger partial charge in [0.25, 0.3) is 0 Å². The molecule has 0 radical (unpaired) electrons. The summed E-state index contributed by atoms with van der Waals surface area (Å²) in [6, 6.07) is 0. The van der Waals surface area contributed by atoms with Crippen LogP contribution in [-0.4, -0.2) is 35.7 Å². The summed E-state index contributed by atoms with van der Waals surface area (Å²) in [5.41, 5.74) is 0. The molecule has 0 fully saturated rings. The number of esters is 1. The molecule has 6 heteroatoms. The van der Waals surface area contributed by atoms with E-state index in [0.717, 1.165) is 0 Å². The summed E-state index contributed by atoms with van der Waals surface area (Å²) in [7, 11) is 1.33. The molecule has 0 aliphatic heterocycles. The zero-order valence-electron chi connectivity index (χ0n) is 9.56. The van der Waals surface area contributed by atoms with Crippen LogP contribution in [0.15, 0.2) is 12.4 Å². The van der Waals surface area contributed by atoms with E-state index in [1.54, 1.807) is 0 Å². The van der Waals surface area contributed by atoms with Crippen LogP contribution in [0.4, 0.5) is 5.82 Å². The van der Waals surface area contributed by atoms with Gasteiger partial charge >= 0.3 is 5.97 Å². The van der Waals surface area contributed by atoms with E-state index in [9.17, 15) is 4.79 Å². The molecule has 1 aromatic rings. The van der Waals surface area contributed by atoms with Gasteiger partial charge in [-0.1, -0.05) is 0 Å². The maximum absolute atomic E-state index is 10.9. The van der Waals surface area contributed by atoms with Crippen molar-refractivity contribution in [2.24, 2.45) is 0 Å². The minimum absolute atomic E-state index is 0.0326. The molecule has 0 unspecified atom stereocenters. The van der Waals surface area contributed by atoms with Crippen LogP contribution >= 0.6 is 0 Å². The Hall–Kier alpha value is -1.85. The van der Waals surface area contributed by atoms with Crippen molar-refractivity contribution in [2.45, 2.75) is 20.0 Å². The zero-order valence-corrected chi connectivity index (χ0v) is 9.56. The summed E-state index contributed by atoms with van der Waals surface area (Å²) in [5.74, 6) is 0.533. The molecule has 0 aromatic carbocycles. The second-order valence-electron chi connectivity index (χ2n) is 3.34. The Morgan fingerprint density at radius 2 is 2.25 bits per heavy atom. The maximum Gasteiger partial charge on any atom is 0.325 e. The summed E-state index contributed by atoms with van der Waals surface area (Å²) >= 11 is 0. The highest BCUT2D eigenvalue weighted by Crippen LogP contribution is 2.10. The van der Waals surface area contributed by atoms with Crippen molar-refractivity contribution in [2.75, 3.05) is 19.0 Å². The number of carbonyl (C=O) groups excluding carboxylic acids is 1. The molecule has 1 aromatic heterocycles. The fourth-order valence-electron chi connectivity index (χ4n) is 0.966. The fourth-order valence-corrected chi connectivity index (χ4v) is 0.966. The van der Waals surface area contributed by atoms with E-state index in [4.69, 9.17) is 4.74 Å². The smallest absolute Gasteiger partial charge is 0.325 e. The van der Waals surface area contributed by atoms with Crippen molar-refractivity contribution in [3.8, 4) is 5.88 Å². The van der Waals surface area contributed by atoms with Crippen molar-refractivity contribution < 1.29 is 14.3 Å². The van der Waals surface area contributed by atoms with Crippen molar-refractivity contribution >= 4 is 11.8 Å². The summed E-state index contributed by atoms with van der Waals surface area (Å²) in [6.45, 7) is 3.85. The van der Waals surface area contributed by atoms with Gasteiger partial charge in [-0.15, -0.1) is 0 Å². The molecule has 16 heavy (non-hydrogen) atoms. The van der Waals surface area contributed by atoms with Gasteiger partial charge in [0.15, 0.2) is 0 Å². The van der Waals surface area contributed by atoms with Crippen LogP contribution in [0.1, 0.15) is 13.8 Å². The fraction of sp³-hybridized carbons (Fsp3) is 0.500. The average Bonchev–Trinajstić information content (AvgIpc) is 2.25. The zero-order chi connectivity index (χ0) is 12.0. The normalized spacial score (nSPS) is 10.0. The average molecular weight is 225 g/mol. The quantitative estimate of drug-likeness (QED) is 0.749. The molecule has 0 spiro atoms. The van der Waals surface area contributed by atoms with Crippen molar-refractivity contribution in [3.63, 3.8) is 0 Å². The number of anilines is 1. The molecule has 0 aliphatic rings. The van der Waals surface area contributed by atoms with Gasteiger partial charge in [-0.05, 0) is 13.8 Å². The van der Waals surface area contributed by atoms with Crippen molar-refractivity contribution in [3.05, 3.63) is 12.4 Å². The SMILES string of the molecule is COC(=O)CNc1cncc(OC(C)C)n1. The highest BCUT2D eigenvalue weighted by Gasteiger charge is 2.04. The Bertz CT molecular complexity index is 355. The van der Waals surface area contributed by atoms with Gasteiger partial charge in [0.1, 0.15) is 12.4 Å². The molecule has 88 valence electrons. The second kappa shape index (κ2) is 5.89. The summed E-state index contributed by atoms with van der Waals surface area (Å²) < 4.78 is 9.84. The van der Waals surface area contributed by atoms with Crippen LogP contribution < -0.4 is 10.1 Å². The predicted octanol–water partition coefficient (Wildman–Crippen LogP) is 0.849. The molecule has 0 saturated carbocycles. The summed E-state index contributed by atoms with van der Waals surface area (Å²) in [6.07, 6.45) is 3.06. The number of nitrogens with zero attached hydrogens (tertiary/aromatic N) is 2. The Kier molecular flexibility index (Phi) is 4.50. The molecule has 0 bridgehead atoms. The third-order valence-electron chi connectivity index (χ3n) is 1.61. The predicted molar refractivity (Wildman–Crippen MR) is 58.3 cm³/mol. The first-order valence-electron chi connectivity index (χ1n) is 4.91. The van der Waals surface area contributed by atoms with E-state index in [-0.39, 0.29) is 18.6 Å². The highest BCUT2D eigenvalue weighted by atomic mass is 16.5. The Balaban J connectivity index is 2.56. The van der Waals surface area contributed by atoms with Crippen LogP contribution in [0, 0.1) is 0 Å². The summed E-state index contributed by atoms with van der Waals surface area (Å²) in [4.78, 5) is 18.9. The maximum atomic E-state index is 10.9. The molecular weight excluding hydrogens is 210 g/mol. The Labute approximate surface area is 94.0 Å². The number of hydrogen-bond donors (Lipinski definition) is 1. The van der Waals surface area contributed by atoms with Gasteiger partial charge in [0.2, 0.25) is 5.88 Å². The van der Waals surface area contributed by atoms with Gasteiger partial charge in [0, 0.05) is 0 Å². The molecule has 0 aliphatic carbocycles. The number of aromatic nitrogens is 2. The van der Waals surface area contributed by atoms with Crippen molar-refractivity contribution in [1.82, 2.24) is 9.97 Å². The van der Waals surface area contributed by atoms with Crippen LogP contribution in [0.3, 0.4) is 0 Å². The third-order valence-corrected chi connectivity index (χ3v) is 1.61. The standard InChI is InChI=1S/C10H15N3O3/c1-7(2)16-9-5-11-4-8(13-9)12-6-10(14)15-3/h4-5,7H,6H2,1-3H3,(H,12,13). The topological polar surface area (TPSA) is 73.3 Å². The molecule has 6 nitrogen and oxygen atoms in total. The van der Waals surface area contributed by atoms with Gasteiger partial charge in [-0.2, -0.15) is 4.98 Å². The molecule has 1 heterocycles. The number of carbonyl (C=O) groups is 1. The third kappa shape index (κ3) is 4.12. The monoisotopic (exact) mass is 225 g/mol. The molecule has 0 atom stereocenters. The van der Waals surface area contributed by atoms with E-state index < -0.39 is 0 Å². The van der Waals surface area contributed by atoms with Gasteiger partial charge < -0.3 is 14.8 Å². The molecule has 1 N–H and O–H groups in total. The Morgan fingerprint density at radius 1 is 1.50 bits per heavy atom. The number of nitrogens with one attached hydrogen (secondary N) is 1. The van der Waals surface area contributed by atoms with E-state index in [2.05, 4.69) is 20.0 Å². The lowest BCUT2D eigenvalue weighted by atomic mass is 10.5. The van der Waals surface area contributed by atoms with Gasteiger partial charge in [-0.25, -0.2) is 0 Å². The van der Waals surface area contributed by atoms with Crippen molar-refractivity contribution in [1.29, 1.82) is 0 Å². The lowest BCUT2D eigenvalue weighted by Gasteiger charge is -2.09. The van der Waals surface area contributed by atoms with E-state index in [1.807, 2.05) is 13.8 Å². The Morgan fingerprint density at radius 3 is 2.88 bits per heavy atom. The number of ether oxygens (including phenoxy) is 2. The lowest BCUT2D eigenvalue weighted by Crippen LogP contribution is -2.16. The number of rotatable bonds is 5. The first kappa shape index (κ1) is 12.2. The number of hydrogen-bond acceptors (Lipinski definition) is 6. The van der Waals surface area contributed by atoms with Crippen LogP contribution in [0.5, 0.6) is 5.88 Å². The van der Waals surface area contributed by atoms with E-state index in [1.165, 1.54) is 19.5 Å². The second-order valence-corrected chi connectivity index (χ2v) is 3.34. The summed E-state index contributed by atoms with van der Waals surface area (Å²) in [5, 5.41) is 2.78. The van der Waals surface area contributed by atoms with Crippen LogP contribution in [0.2, 0.25) is 0 Å². The van der Waals surface area contributed by atoms with Gasteiger partial charge in [-0.3, -0.25) is 9.78 Å². The molecule has 0 saturated heterocycles. The van der Waals surface area contributed by atoms with Crippen LogP contribution in [-0.2, 0) is 9.53 Å². The highest BCUT2D eigenvalue weighted by molar-refractivity contribution is 5.74. The first-order chi connectivity index (χ1) is 7.61. The molecule has 0 amide bonds.